The minimum Gasteiger partial charge on any atom is -0.374 e. The molecule has 2 atom stereocenters. The van der Waals surface area contributed by atoms with E-state index in [4.69, 9.17) is 4.74 Å². The van der Waals surface area contributed by atoms with Crippen LogP contribution in [-0.2, 0) is 11.2 Å². The number of ether oxygens (including phenoxy) is 1. The summed E-state index contributed by atoms with van der Waals surface area (Å²) in [5.74, 6) is 0. The van der Waals surface area contributed by atoms with Gasteiger partial charge < -0.3 is 10.1 Å². The summed E-state index contributed by atoms with van der Waals surface area (Å²) in [6.07, 6.45) is 3.28. The molecule has 2 rings (SSSR count). The SMILES string of the molecule is CNC(Cc1nc(C)c(C)s1)C1(C)CCCO1. The Morgan fingerprint density at radius 2 is 2.29 bits per heavy atom. The highest BCUT2D eigenvalue weighted by atomic mass is 32.1. The summed E-state index contributed by atoms with van der Waals surface area (Å²) < 4.78 is 5.92. The van der Waals surface area contributed by atoms with Crippen molar-refractivity contribution in [3.05, 3.63) is 15.6 Å². The molecular weight excluding hydrogens is 232 g/mol. The van der Waals surface area contributed by atoms with Gasteiger partial charge in [0.15, 0.2) is 0 Å². The number of nitrogens with zero attached hydrogens (tertiary/aromatic N) is 1. The van der Waals surface area contributed by atoms with Crippen molar-refractivity contribution in [2.45, 2.75) is 51.7 Å². The van der Waals surface area contributed by atoms with Crippen LogP contribution in [0.5, 0.6) is 0 Å². The Labute approximate surface area is 108 Å². The standard InChI is InChI=1S/C13H22N2OS/c1-9-10(2)17-12(15-9)8-11(14-4)13(3)6-5-7-16-13/h11,14H,5-8H2,1-4H3. The maximum absolute atomic E-state index is 5.92. The predicted octanol–water partition coefficient (Wildman–Crippen LogP) is 2.46. The van der Waals surface area contributed by atoms with E-state index in [1.807, 2.05) is 18.4 Å². The molecule has 2 heterocycles. The van der Waals surface area contributed by atoms with Crippen LogP contribution in [0, 0.1) is 13.8 Å². The molecule has 3 nitrogen and oxygen atoms in total. The van der Waals surface area contributed by atoms with Crippen LogP contribution in [0.25, 0.3) is 0 Å². The van der Waals surface area contributed by atoms with Crippen molar-refractivity contribution in [1.82, 2.24) is 10.3 Å². The monoisotopic (exact) mass is 254 g/mol. The van der Waals surface area contributed by atoms with Crippen molar-refractivity contribution in [3.8, 4) is 0 Å². The van der Waals surface area contributed by atoms with Gasteiger partial charge >= 0.3 is 0 Å². The molecule has 1 fully saturated rings. The van der Waals surface area contributed by atoms with Crippen molar-refractivity contribution in [2.24, 2.45) is 0 Å². The molecule has 2 unspecified atom stereocenters. The summed E-state index contributed by atoms with van der Waals surface area (Å²) >= 11 is 1.81. The van der Waals surface area contributed by atoms with Gasteiger partial charge in [-0.25, -0.2) is 4.98 Å². The molecule has 17 heavy (non-hydrogen) atoms. The van der Waals surface area contributed by atoms with Gasteiger partial charge in [-0.1, -0.05) is 0 Å². The van der Waals surface area contributed by atoms with Crippen molar-refractivity contribution in [1.29, 1.82) is 0 Å². The number of aromatic nitrogens is 1. The predicted molar refractivity (Wildman–Crippen MR) is 71.7 cm³/mol. The lowest BCUT2D eigenvalue weighted by atomic mass is 9.91. The zero-order valence-corrected chi connectivity index (χ0v) is 12.0. The maximum Gasteiger partial charge on any atom is 0.0947 e. The molecule has 0 aromatic carbocycles. The highest BCUT2D eigenvalue weighted by Gasteiger charge is 2.37. The summed E-state index contributed by atoms with van der Waals surface area (Å²) in [7, 11) is 2.02. The average Bonchev–Trinajstić information content (AvgIpc) is 2.84. The van der Waals surface area contributed by atoms with E-state index in [0.29, 0.717) is 6.04 Å². The third-order valence-corrected chi connectivity index (χ3v) is 4.88. The molecule has 1 aromatic heterocycles. The van der Waals surface area contributed by atoms with E-state index in [2.05, 4.69) is 31.1 Å². The number of hydrogen-bond donors (Lipinski definition) is 1. The average molecular weight is 254 g/mol. The van der Waals surface area contributed by atoms with E-state index in [-0.39, 0.29) is 5.60 Å². The molecule has 0 saturated carbocycles. The lowest BCUT2D eigenvalue weighted by molar-refractivity contribution is -0.00945. The fourth-order valence-electron chi connectivity index (χ4n) is 2.50. The Morgan fingerprint density at radius 3 is 2.76 bits per heavy atom. The molecule has 0 bridgehead atoms. The number of aryl methyl sites for hydroxylation is 2. The quantitative estimate of drug-likeness (QED) is 0.896. The van der Waals surface area contributed by atoms with Gasteiger partial charge in [0.05, 0.1) is 16.3 Å². The first-order valence-corrected chi connectivity index (χ1v) is 7.11. The molecule has 0 spiro atoms. The van der Waals surface area contributed by atoms with Crippen LogP contribution in [0.15, 0.2) is 0 Å². The third kappa shape index (κ3) is 2.69. The number of likely N-dealkylation sites (N-methyl/N-ethyl adjacent to an activating group) is 1. The molecule has 1 N–H and O–H groups in total. The molecule has 1 aliphatic heterocycles. The fourth-order valence-corrected chi connectivity index (χ4v) is 3.48. The Kier molecular flexibility index (Phi) is 3.85. The van der Waals surface area contributed by atoms with E-state index in [0.717, 1.165) is 25.1 Å². The fraction of sp³-hybridized carbons (Fsp3) is 0.769. The molecular formula is C13H22N2OS. The Balaban J connectivity index is 2.09. The largest absolute Gasteiger partial charge is 0.374 e. The topological polar surface area (TPSA) is 34.2 Å². The molecule has 96 valence electrons. The van der Waals surface area contributed by atoms with Crippen LogP contribution in [0.4, 0.5) is 0 Å². The minimum atomic E-state index is -0.0256. The maximum atomic E-state index is 5.92. The normalized spacial score (nSPS) is 26.4. The number of thiazole rings is 1. The summed E-state index contributed by atoms with van der Waals surface area (Å²) in [6, 6.07) is 0.356. The molecule has 1 aliphatic rings. The molecule has 0 radical (unpaired) electrons. The van der Waals surface area contributed by atoms with Crippen LogP contribution >= 0.6 is 11.3 Å². The van der Waals surface area contributed by atoms with Crippen LogP contribution in [0.1, 0.15) is 35.3 Å². The smallest absolute Gasteiger partial charge is 0.0947 e. The molecule has 1 saturated heterocycles. The van der Waals surface area contributed by atoms with Gasteiger partial charge in [0.25, 0.3) is 0 Å². The summed E-state index contributed by atoms with van der Waals surface area (Å²) in [5, 5.41) is 4.62. The second kappa shape index (κ2) is 5.04. The van der Waals surface area contributed by atoms with E-state index < -0.39 is 0 Å². The van der Waals surface area contributed by atoms with Gasteiger partial charge in [0, 0.05) is 23.9 Å². The Morgan fingerprint density at radius 1 is 1.53 bits per heavy atom. The minimum absolute atomic E-state index is 0.0256. The van der Waals surface area contributed by atoms with E-state index >= 15 is 0 Å². The number of hydrogen-bond acceptors (Lipinski definition) is 4. The van der Waals surface area contributed by atoms with Crippen molar-refractivity contribution in [3.63, 3.8) is 0 Å². The van der Waals surface area contributed by atoms with Crippen LogP contribution in [0.2, 0.25) is 0 Å². The molecule has 0 amide bonds. The van der Waals surface area contributed by atoms with Gasteiger partial charge in [0.2, 0.25) is 0 Å². The van der Waals surface area contributed by atoms with Gasteiger partial charge in [-0.2, -0.15) is 0 Å². The first-order valence-electron chi connectivity index (χ1n) is 6.29. The lowest BCUT2D eigenvalue weighted by Gasteiger charge is -2.32. The lowest BCUT2D eigenvalue weighted by Crippen LogP contribution is -2.48. The first-order chi connectivity index (χ1) is 8.05. The third-order valence-electron chi connectivity index (χ3n) is 3.79. The van der Waals surface area contributed by atoms with Gasteiger partial charge in [-0.3, -0.25) is 0 Å². The van der Waals surface area contributed by atoms with E-state index in [1.165, 1.54) is 16.3 Å². The highest BCUT2D eigenvalue weighted by molar-refractivity contribution is 7.11. The summed E-state index contributed by atoms with van der Waals surface area (Å²) in [5.41, 5.74) is 1.14. The second-order valence-electron chi connectivity index (χ2n) is 5.06. The molecule has 1 aromatic rings. The highest BCUT2D eigenvalue weighted by Crippen LogP contribution is 2.31. The first kappa shape index (κ1) is 13.0. The molecule has 0 aliphatic carbocycles. The van der Waals surface area contributed by atoms with Crippen LogP contribution in [0.3, 0.4) is 0 Å². The molecule has 4 heteroatoms. The van der Waals surface area contributed by atoms with Crippen molar-refractivity contribution < 1.29 is 4.74 Å². The van der Waals surface area contributed by atoms with Crippen LogP contribution in [-0.4, -0.2) is 30.3 Å². The zero-order chi connectivity index (χ0) is 12.5. The van der Waals surface area contributed by atoms with Crippen molar-refractivity contribution in [2.75, 3.05) is 13.7 Å². The summed E-state index contributed by atoms with van der Waals surface area (Å²) in [6.45, 7) is 7.33. The second-order valence-corrected chi connectivity index (χ2v) is 6.35. The zero-order valence-electron chi connectivity index (χ0n) is 11.2. The van der Waals surface area contributed by atoms with E-state index in [9.17, 15) is 0 Å². The van der Waals surface area contributed by atoms with Gasteiger partial charge in [-0.15, -0.1) is 11.3 Å². The van der Waals surface area contributed by atoms with Gasteiger partial charge in [0.1, 0.15) is 0 Å². The van der Waals surface area contributed by atoms with Gasteiger partial charge in [-0.05, 0) is 40.7 Å². The van der Waals surface area contributed by atoms with E-state index in [1.54, 1.807) is 0 Å². The summed E-state index contributed by atoms with van der Waals surface area (Å²) in [4.78, 5) is 5.95. The Bertz CT molecular complexity index is 363. The van der Waals surface area contributed by atoms with Crippen molar-refractivity contribution >= 4 is 11.3 Å². The number of rotatable bonds is 4. The Hall–Kier alpha value is -0.450. The number of nitrogens with one attached hydrogen (secondary N) is 1. The van der Waals surface area contributed by atoms with Crippen LogP contribution < -0.4 is 5.32 Å².